The molecular weight excluding hydrogens is 284 g/mol. The Kier molecular flexibility index (Phi) is 3.42. The molecule has 1 aromatic rings. The van der Waals surface area contributed by atoms with Gasteiger partial charge in [-0.1, -0.05) is 24.3 Å². The third kappa shape index (κ3) is 2.85. The maximum absolute atomic E-state index is 11.5. The Morgan fingerprint density at radius 3 is 1.27 bits per heavy atom. The number of hydrogen-bond acceptors (Lipinski definition) is 4. The van der Waals surface area contributed by atoms with Gasteiger partial charge in [0.1, 0.15) is 0 Å². The van der Waals surface area contributed by atoms with Crippen molar-refractivity contribution in [1.29, 1.82) is 0 Å². The third-order valence-electron chi connectivity index (χ3n) is 3.48. The minimum absolute atomic E-state index is 0.361. The van der Waals surface area contributed by atoms with Crippen LogP contribution in [0.4, 0.5) is 0 Å². The van der Waals surface area contributed by atoms with Crippen LogP contribution >= 0.6 is 0 Å². The van der Waals surface area contributed by atoms with Crippen molar-refractivity contribution in [3.63, 3.8) is 0 Å². The zero-order chi connectivity index (χ0) is 15.7. The standard InChI is InChI=1S/C16H12N2O4/c19-13-7-11(15(21)17-13)5-9-1-2-10(4-3-9)6-12-8-14(20)18-16(12)22/h1-4,7-8H,5-6H2,(H,17,19,21)(H,18,20,22). The van der Waals surface area contributed by atoms with Crippen molar-refractivity contribution in [2.24, 2.45) is 0 Å². The number of benzene rings is 1. The van der Waals surface area contributed by atoms with Crippen LogP contribution in [0.2, 0.25) is 0 Å². The monoisotopic (exact) mass is 296 g/mol. The Hall–Kier alpha value is -3.02. The molecule has 2 aliphatic rings. The number of carbonyl (C=O) groups is 4. The number of amides is 4. The first kappa shape index (κ1) is 13.9. The third-order valence-corrected chi connectivity index (χ3v) is 3.48. The van der Waals surface area contributed by atoms with Gasteiger partial charge in [-0.15, -0.1) is 0 Å². The Morgan fingerprint density at radius 1 is 0.636 bits per heavy atom. The van der Waals surface area contributed by atoms with Gasteiger partial charge in [0.15, 0.2) is 0 Å². The molecule has 110 valence electrons. The number of rotatable bonds is 4. The highest BCUT2D eigenvalue weighted by atomic mass is 16.2. The first-order valence-electron chi connectivity index (χ1n) is 6.71. The molecule has 22 heavy (non-hydrogen) atoms. The summed E-state index contributed by atoms with van der Waals surface area (Å²) in [6, 6.07) is 7.34. The Labute approximate surface area is 125 Å². The van der Waals surface area contributed by atoms with Gasteiger partial charge in [0.05, 0.1) is 0 Å². The van der Waals surface area contributed by atoms with Gasteiger partial charge in [0.25, 0.3) is 23.6 Å². The molecule has 4 amide bonds. The van der Waals surface area contributed by atoms with Crippen LogP contribution in [0.3, 0.4) is 0 Å². The fourth-order valence-corrected chi connectivity index (χ4v) is 2.38. The summed E-state index contributed by atoms with van der Waals surface area (Å²) in [7, 11) is 0. The second-order valence-corrected chi connectivity index (χ2v) is 5.15. The highest BCUT2D eigenvalue weighted by molar-refractivity contribution is 6.17. The first-order chi connectivity index (χ1) is 10.5. The summed E-state index contributed by atoms with van der Waals surface area (Å²) in [4.78, 5) is 45.1. The Morgan fingerprint density at radius 2 is 1.00 bits per heavy atom. The highest BCUT2D eigenvalue weighted by Crippen LogP contribution is 2.16. The molecule has 0 aromatic heterocycles. The van der Waals surface area contributed by atoms with Crippen molar-refractivity contribution in [1.82, 2.24) is 10.6 Å². The lowest BCUT2D eigenvalue weighted by molar-refractivity contribution is -0.125. The molecular formula is C16H12N2O4. The van der Waals surface area contributed by atoms with Gasteiger partial charge in [0, 0.05) is 36.1 Å². The zero-order valence-electron chi connectivity index (χ0n) is 11.5. The van der Waals surface area contributed by atoms with Gasteiger partial charge in [0.2, 0.25) is 0 Å². The van der Waals surface area contributed by atoms with E-state index in [0.29, 0.717) is 24.0 Å². The molecule has 6 heteroatoms. The smallest absolute Gasteiger partial charge is 0.254 e. The van der Waals surface area contributed by atoms with Crippen molar-refractivity contribution in [3.05, 3.63) is 58.7 Å². The Bertz CT molecular complexity index is 692. The number of carbonyl (C=O) groups excluding carboxylic acids is 4. The number of imide groups is 2. The second-order valence-electron chi connectivity index (χ2n) is 5.15. The molecule has 0 saturated heterocycles. The van der Waals surface area contributed by atoms with Crippen LogP contribution in [0.15, 0.2) is 47.6 Å². The van der Waals surface area contributed by atoms with Crippen LogP contribution in [-0.2, 0) is 32.0 Å². The quantitative estimate of drug-likeness (QED) is 0.761. The van der Waals surface area contributed by atoms with E-state index in [0.717, 1.165) is 11.1 Å². The van der Waals surface area contributed by atoms with Crippen molar-refractivity contribution >= 4 is 23.6 Å². The van der Waals surface area contributed by atoms with Crippen LogP contribution in [0.1, 0.15) is 11.1 Å². The average Bonchev–Trinajstić information content (AvgIpc) is 2.94. The maximum atomic E-state index is 11.5. The SMILES string of the molecule is O=C1C=C(Cc2ccc(CC3=CC(=O)NC3=O)cc2)C(=O)N1. The minimum atomic E-state index is -0.388. The van der Waals surface area contributed by atoms with E-state index in [2.05, 4.69) is 10.6 Å². The lowest BCUT2D eigenvalue weighted by Gasteiger charge is -2.04. The average molecular weight is 296 g/mol. The normalized spacial score (nSPS) is 17.3. The van der Waals surface area contributed by atoms with Gasteiger partial charge in [-0.05, 0) is 11.1 Å². The molecule has 0 atom stereocenters. The lowest BCUT2D eigenvalue weighted by atomic mass is 10.0. The van der Waals surface area contributed by atoms with Gasteiger partial charge in [-0.25, -0.2) is 0 Å². The molecule has 0 radical (unpaired) electrons. The van der Waals surface area contributed by atoms with E-state index in [1.807, 2.05) is 24.3 Å². The fraction of sp³-hybridized carbons (Fsp3) is 0.125. The topological polar surface area (TPSA) is 92.3 Å². The molecule has 3 rings (SSSR count). The summed E-state index contributed by atoms with van der Waals surface area (Å²) < 4.78 is 0. The lowest BCUT2D eigenvalue weighted by Crippen LogP contribution is -2.22. The predicted octanol–water partition coefficient (Wildman–Crippen LogP) is -0.0628. The number of hydrogen-bond donors (Lipinski definition) is 2. The van der Waals surface area contributed by atoms with E-state index in [9.17, 15) is 19.2 Å². The molecule has 1 aromatic carbocycles. The zero-order valence-corrected chi connectivity index (χ0v) is 11.5. The van der Waals surface area contributed by atoms with Crippen LogP contribution in [0.5, 0.6) is 0 Å². The molecule has 0 bridgehead atoms. The molecule has 6 nitrogen and oxygen atoms in total. The Balaban J connectivity index is 1.68. The van der Waals surface area contributed by atoms with E-state index in [1.54, 1.807) is 0 Å². The van der Waals surface area contributed by atoms with Crippen LogP contribution in [0, 0.1) is 0 Å². The van der Waals surface area contributed by atoms with E-state index < -0.39 is 0 Å². The second kappa shape index (κ2) is 5.40. The van der Waals surface area contributed by atoms with E-state index >= 15 is 0 Å². The van der Waals surface area contributed by atoms with Crippen LogP contribution < -0.4 is 10.6 Å². The molecule has 0 unspecified atom stereocenters. The summed E-state index contributed by atoms with van der Waals surface area (Å²) in [6.07, 6.45) is 3.35. The summed E-state index contributed by atoms with van der Waals surface area (Å²) >= 11 is 0. The van der Waals surface area contributed by atoms with E-state index in [-0.39, 0.29) is 23.6 Å². The predicted molar refractivity (Wildman–Crippen MR) is 76.3 cm³/mol. The molecule has 2 heterocycles. The summed E-state index contributed by atoms with van der Waals surface area (Å²) in [6.45, 7) is 0. The fourth-order valence-electron chi connectivity index (χ4n) is 2.38. The van der Waals surface area contributed by atoms with Gasteiger partial charge < -0.3 is 0 Å². The number of nitrogens with one attached hydrogen (secondary N) is 2. The van der Waals surface area contributed by atoms with Gasteiger partial charge in [-0.2, -0.15) is 0 Å². The minimum Gasteiger partial charge on any atom is -0.289 e. The van der Waals surface area contributed by atoms with Crippen LogP contribution in [-0.4, -0.2) is 23.6 Å². The van der Waals surface area contributed by atoms with E-state index in [1.165, 1.54) is 12.2 Å². The van der Waals surface area contributed by atoms with Crippen molar-refractivity contribution < 1.29 is 19.2 Å². The van der Waals surface area contributed by atoms with Gasteiger partial charge >= 0.3 is 0 Å². The summed E-state index contributed by atoms with van der Waals surface area (Å²) in [5.74, 6) is -1.50. The molecule has 2 aliphatic heterocycles. The first-order valence-corrected chi connectivity index (χ1v) is 6.71. The van der Waals surface area contributed by atoms with Crippen LogP contribution in [0.25, 0.3) is 0 Å². The highest BCUT2D eigenvalue weighted by Gasteiger charge is 2.22. The van der Waals surface area contributed by atoms with E-state index in [4.69, 9.17) is 0 Å². The molecule has 2 N–H and O–H groups in total. The molecule has 0 aliphatic carbocycles. The molecule has 0 fully saturated rings. The maximum Gasteiger partial charge on any atom is 0.254 e. The van der Waals surface area contributed by atoms with Crippen molar-refractivity contribution in [3.8, 4) is 0 Å². The van der Waals surface area contributed by atoms with Crippen molar-refractivity contribution in [2.75, 3.05) is 0 Å². The summed E-state index contributed by atoms with van der Waals surface area (Å²) in [5, 5.41) is 4.40. The summed E-state index contributed by atoms with van der Waals surface area (Å²) in [5.41, 5.74) is 2.64. The van der Waals surface area contributed by atoms with Gasteiger partial charge in [-0.3, -0.25) is 29.8 Å². The largest absolute Gasteiger partial charge is 0.289 e. The molecule has 0 saturated carbocycles. The molecule has 0 spiro atoms. The van der Waals surface area contributed by atoms with Crippen molar-refractivity contribution in [2.45, 2.75) is 12.8 Å².